The summed E-state index contributed by atoms with van der Waals surface area (Å²) < 4.78 is 15.7. The van der Waals surface area contributed by atoms with Gasteiger partial charge in [-0.15, -0.1) is 0 Å². The number of benzene rings is 2. The molecule has 8 heteroatoms. The van der Waals surface area contributed by atoms with Crippen molar-refractivity contribution in [2.24, 2.45) is 0 Å². The van der Waals surface area contributed by atoms with E-state index in [0.717, 1.165) is 41.3 Å². The van der Waals surface area contributed by atoms with Gasteiger partial charge in [0, 0.05) is 17.3 Å². The number of hydrogen-bond donors (Lipinski definition) is 3. The Morgan fingerprint density at radius 1 is 1.21 bits per heavy atom. The van der Waals surface area contributed by atoms with Crippen LogP contribution < -0.4 is 16.6 Å². The number of pyridine rings is 1. The molecule has 4 aromatic rings. The molecule has 0 spiro atoms. The van der Waals surface area contributed by atoms with E-state index in [1.807, 2.05) is 35.8 Å². The molecular weight excluding hydrogens is 431 g/mol. The topological polar surface area (TPSA) is 110 Å². The Labute approximate surface area is 196 Å². The van der Waals surface area contributed by atoms with Gasteiger partial charge in [0.25, 0.3) is 5.56 Å². The SMILES string of the molecule is Cc1cccc2cc(CNc3ncnc(N)c3C(=N)c3cccc(F)c3)n(C3CCC3)c(=O)c12. The lowest BCUT2D eigenvalue weighted by atomic mass is 9.91. The molecule has 2 aromatic carbocycles. The van der Waals surface area contributed by atoms with Crippen molar-refractivity contribution in [2.45, 2.75) is 38.8 Å². The first-order valence-corrected chi connectivity index (χ1v) is 11.3. The fourth-order valence-electron chi connectivity index (χ4n) is 4.53. The number of fused-ring (bicyclic) bond motifs is 1. The van der Waals surface area contributed by atoms with Gasteiger partial charge in [-0.1, -0.05) is 30.3 Å². The summed E-state index contributed by atoms with van der Waals surface area (Å²) in [7, 11) is 0. The fourth-order valence-corrected chi connectivity index (χ4v) is 4.53. The monoisotopic (exact) mass is 456 g/mol. The van der Waals surface area contributed by atoms with Gasteiger partial charge in [0.15, 0.2) is 0 Å². The Kier molecular flexibility index (Phi) is 5.57. The second kappa shape index (κ2) is 8.70. The highest BCUT2D eigenvalue weighted by atomic mass is 19.1. The zero-order valence-electron chi connectivity index (χ0n) is 18.8. The minimum Gasteiger partial charge on any atom is -0.383 e. The van der Waals surface area contributed by atoms with Gasteiger partial charge < -0.3 is 15.6 Å². The first-order chi connectivity index (χ1) is 16.4. The molecule has 1 fully saturated rings. The van der Waals surface area contributed by atoms with Crippen molar-refractivity contribution < 1.29 is 4.39 Å². The van der Waals surface area contributed by atoms with Crippen LogP contribution in [0, 0.1) is 18.2 Å². The van der Waals surface area contributed by atoms with Crippen LogP contribution in [-0.2, 0) is 6.54 Å². The van der Waals surface area contributed by atoms with Crippen LogP contribution in [-0.4, -0.2) is 20.2 Å². The van der Waals surface area contributed by atoms with Crippen LogP contribution in [0.25, 0.3) is 10.8 Å². The van der Waals surface area contributed by atoms with E-state index in [4.69, 9.17) is 11.1 Å². The first-order valence-electron chi connectivity index (χ1n) is 11.3. The highest BCUT2D eigenvalue weighted by molar-refractivity contribution is 6.16. The van der Waals surface area contributed by atoms with Crippen LogP contribution in [0.15, 0.2) is 59.7 Å². The fraction of sp³-hybridized carbons (Fsp3) is 0.231. The number of aromatic nitrogens is 3. The maximum atomic E-state index is 13.8. The largest absolute Gasteiger partial charge is 0.383 e. The molecule has 1 aliphatic carbocycles. The Morgan fingerprint density at radius 3 is 2.74 bits per heavy atom. The van der Waals surface area contributed by atoms with E-state index in [-0.39, 0.29) is 23.1 Å². The Morgan fingerprint density at radius 2 is 2.00 bits per heavy atom. The quantitative estimate of drug-likeness (QED) is 0.368. The molecule has 7 nitrogen and oxygen atoms in total. The lowest BCUT2D eigenvalue weighted by molar-refractivity contribution is 0.301. The van der Waals surface area contributed by atoms with Crippen LogP contribution in [0.3, 0.4) is 0 Å². The van der Waals surface area contributed by atoms with Gasteiger partial charge in [0.2, 0.25) is 0 Å². The Hall–Kier alpha value is -4.07. The number of nitrogens with two attached hydrogens (primary N) is 1. The molecule has 0 radical (unpaired) electrons. The maximum Gasteiger partial charge on any atom is 0.259 e. The molecule has 4 N–H and O–H groups in total. The molecule has 2 aromatic heterocycles. The van der Waals surface area contributed by atoms with Gasteiger partial charge in [-0.2, -0.15) is 0 Å². The number of aryl methyl sites for hydroxylation is 1. The van der Waals surface area contributed by atoms with Crippen molar-refractivity contribution >= 4 is 28.1 Å². The summed E-state index contributed by atoms with van der Waals surface area (Å²) in [5.74, 6) is 0.0409. The standard InChI is InChI=1S/C26H25FN6O/c1-15-5-2-6-16-12-20(33(19-9-4-10-19)26(34)21(15)16)13-30-25-22(24(29)31-14-32-25)23(28)17-7-3-8-18(27)11-17/h2-3,5-8,11-12,14,19,28H,4,9-10,13H2,1H3,(H3,29,30,31,32). The zero-order chi connectivity index (χ0) is 23.8. The van der Waals surface area contributed by atoms with Gasteiger partial charge in [0.05, 0.1) is 23.2 Å². The minimum atomic E-state index is -0.442. The summed E-state index contributed by atoms with van der Waals surface area (Å²) in [6, 6.07) is 13.9. The normalized spacial score (nSPS) is 13.6. The molecule has 0 amide bonds. The van der Waals surface area contributed by atoms with Gasteiger partial charge in [-0.25, -0.2) is 14.4 Å². The van der Waals surface area contributed by atoms with Gasteiger partial charge in [0.1, 0.15) is 23.8 Å². The van der Waals surface area contributed by atoms with E-state index in [2.05, 4.69) is 15.3 Å². The van der Waals surface area contributed by atoms with Crippen LogP contribution in [0.5, 0.6) is 0 Å². The lowest BCUT2D eigenvalue weighted by Crippen LogP contribution is -2.32. The number of anilines is 2. The van der Waals surface area contributed by atoms with Crippen LogP contribution >= 0.6 is 0 Å². The average Bonchev–Trinajstić information content (AvgIpc) is 2.78. The predicted molar refractivity (Wildman–Crippen MR) is 132 cm³/mol. The molecule has 0 atom stereocenters. The predicted octanol–water partition coefficient (Wildman–Crippen LogP) is 4.57. The van der Waals surface area contributed by atoms with Crippen molar-refractivity contribution in [3.63, 3.8) is 0 Å². The van der Waals surface area contributed by atoms with Crippen molar-refractivity contribution in [3.8, 4) is 0 Å². The van der Waals surface area contributed by atoms with E-state index in [9.17, 15) is 9.18 Å². The zero-order valence-corrected chi connectivity index (χ0v) is 18.8. The van der Waals surface area contributed by atoms with Crippen LogP contribution in [0.2, 0.25) is 0 Å². The molecule has 0 aliphatic heterocycles. The first kappa shape index (κ1) is 21.8. The summed E-state index contributed by atoms with van der Waals surface area (Å²) in [6.45, 7) is 2.27. The van der Waals surface area contributed by atoms with Crippen molar-refractivity contribution in [3.05, 3.63) is 93.4 Å². The third-order valence-corrected chi connectivity index (χ3v) is 6.49. The van der Waals surface area contributed by atoms with Crippen LogP contribution in [0.4, 0.5) is 16.0 Å². The summed E-state index contributed by atoms with van der Waals surface area (Å²) >= 11 is 0. The third kappa shape index (κ3) is 3.81. The smallest absolute Gasteiger partial charge is 0.259 e. The second-order valence-electron chi connectivity index (χ2n) is 8.66. The number of rotatable bonds is 6. The van der Waals surface area contributed by atoms with E-state index in [1.165, 1.54) is 18.5 Å². The molecule has 0 saturated heterocycles. The highest BCUT2D eigenvalue weighted by Crippen LogP contribution is 2.33. The van der Waals surface area contributed by atoms with Gasteiger partial charge >= 0.3 is 0 Å². The number of hydrogen-bond acceptors (Lipinski definition) is 6. The maximum absolute atomic E-state index is 13.8. The van der Waals surface area contributed by atoms with Crippen molar-refractivity contribution in [1.82, 2.24) is 14.5 Å². The molecule has 5 rings (SSSR count). The van der Waals surface area contributed by atoms with E-state index in [0.29, 0.717) is 23.5 Å². The summed E-state index contributed by atoms with van der Waals surface area (Å²) in [6.07, 6.45) is 4.37. The van der Waals surface area contributed by atoms with Gasteiger partial charge in [-0.3, -0.25) is 10.2 Å². The highest BCUT2D eigenvalue weighted by Gasteiger charge is 2.25. The van der Waals surface area contributed by atoms with E-state index < -0.39 is 5.82 Å². The van der Waals surface area contributed by atoms with E-state index in [1.54, 1.807) is 12.1 Å². The Bertz CT molecular complexity index is 1470. The van der Waals surface area contributed by atoms with E-state index >= 15 is 0 Å². The van der Waals surface area contributed by atoms with Gasteiger partial charge in [-0.05, 0) is 55.3 Å². The summed E-state index contributed by atoms with van der Waals surface area (Å²) in [5, 5.41) is 13.5. The Balaban J connectivity index is 1.54. The van der Waals surface area contributed by atoms with Crippen molar-refractivity contribution in [2.75, 3.05) is 11.1 Å². The minimum absolute atomic E-state index is 0.0191. The number of halogens is 1. The third-order valence-electron chi connectivity index (χ3n) is 6.49. The second-order valence-corrected chi connectivity index (χ2v) is 8.66. The molecular formula is C26H25FN6O. The lowest BCUT2D eigenvalue weighted by Gasteiger charge is -2.31. The molecule has 1 saturated carbocycles. The molecule has 0 bridgehead atoms. The molecule has 172 valence electrons. The molecule has 1 aliphatic rings. The summed E-state index contributed by atoms with van der Waals surface area (Å²) in [4.78, 5) is 21.8. The van der Waals surface area contributed by atoms with Crippen LogP contribution in [0.1, 0.15) is 47.7 Å². The molecule has 34 heavy (non-hydrogen) atoms. The molecule has 0 unspecified atom stereocenters. The summed E-state index contributed by atoms with van der Waals surface area (Å²) in [5.41, 5.74) is 8.62. The molecule has 2 heterocycles. The number of nitrogens with zero attached hydrogens (tertiary/aromatic N) is 3. The number of nitrogen functional groups attached to an aromatic ring is 1. The average molecular weight is 457 g/mol. The van der Waals surface area contributed by atoms with Crippen molar-refractivity contribution in [1.29, 1.82) is 5.41 Å². The number of nitrogens with one attached hydrogen (secondary N) is 2.